The molecule has 0 atom stereocenters. The molecule has 1 saturated heterocycles. The summed E-state index contributed by atoms with van der Waals surface area (Å²) < 4.78 is 11.0. The Bertz CT molecular complexity index is 776. The molecule has 26 heavy (non-hydrogen) atoms. The van der Waals surface area contributed by atoms with Crippen LogP contribution in [0.5, 0.6) is 11.5 Å². The molecule has 1 heterocycles. The first kappa shape index (κ1) is 18.8. The summed E-state index contributed by atoms with van der Waals surface area (Å²) in [5, 5.41) is 0.766. The van der Waals surface area contributed by atoms with Crippen LogP contribution in [-0.4, -0.2) is 49.8 Å². The first-order chi connectivity index (χ1) is 12.6. The molecule has 2 aromatic rings. The van der Waals surface area contributed by atoms with Crippen molar-refractivity contribution < 1.29 is 9.47 Å². The highest BCUT2D eigenvalue weighted by Gasteiger charge is 2.21. The molecule has 3 rings (SSSR count). The number of ether oxygens (including phenoxy) is 2. The third-order valence-electron chi connectivity index (χ3n) is 4.45. The molecule has 2 aromatic carbocycles. The van der Waals surface area contributed by atoms with Crippen LogP contribution in [0.2, 0.25) is 5.02 Å². The SMILES string of the molecule is CCOc1ccc(C(=S)N2CCN(c3cccc(Cl)c3)CC2)cc1OC. The van der Waals surface area contributed by atoms with Gasteiger partial charge in [-0.1, -0.05) is 29.9 Å². The summed E-state index contributed by atoms with van der Waals surface area (Å²) in [5.74, 6) is 1.46. The number of hydrogen-bond acceptors (Lipinski definition) is 4. The van der Waals surface area contributed by atoms with Crippen molar-refractivity contribution in [2.45, 2.75) is 6.92 Å². The van der Waals surface area contributed by atoms with Gasteiger partial charge in [-0.2, -0.15) is 0 Å². The Labute approximate surface area is 165 Å². The Morgan fingerprint density at radius 1 is 1.08 bits per heavy atom. The Balaban J connectivity index is 1.66. The van der Waals surface area contributed by atoms with Crippen LogP contribution >= 0.6 is 23.8 Å². The van der Waals surface area contributed by atoms with E-state index in [1.807, 2.05) is 43.3 Å². The summed E-state index contributed by atoms with van der Waals surface area (Å²) in [5.41, 5.74) is 2.14. The second kappa shape index (κ2) is 8.60. The molecule has 1 fully saturated rings. The first-order valence-corrected chi connectivity index (χ1v) is 9.51. The highest BCUT2D eigenvalue weighted by atomic mass is 35.5. The number of nitrogens with zero attached hydrogens (tertiary/aromatic N) is 2. The largest absolute Gasteiger partial charge is 0.493 e. The second-order valence-corrected chi connectivity index (χ2v) is 6.88. The fraction of sp³-hybridized carbons (Fsp3) is 0.350. The van der Waals surface area contributed by atoms with Crippen LogP contribution in [0.4, 0.5) is 5.69 Å². The number of rotatable bonds is 5. The van der Waals surface area contributed by atoms with Gasteiger partial charge in [0, 0.05) is 42.5 Å². The van der Waals surface area contributed by atoms with E-state index in [0.29, 0.717) is 12.4 Å². The Morgan fingerprint density at radius 3 is 2.50 bits per heavy atom. The molecule has 0 saturated carbocycles. The van der Waals surface area contributed by atoms with E-state index in [4.69, 9.17) is 33.3 Å². The van der Waals surface area contributed by atoms with E-state index in [-0.39, 0.29) is 0 Å². The van der Waals surface area contributed by atoms with Crippen molar-refractivity contribution in [1.29, 1.82) is 0 Å². The van der Waals surface area contributed by atoms with Gasteiger partial charge in [0.2, 0.25) is 0 Å². The van der Waals surface area contributed by atoms with Gasteiger partial charge in [-0.15, -0.1) is 0 Å². The summed E-state index contributed by atoms with van der Waals surface area (Å²) in [4.78, 5) is 5.42. The third kappa shape index (κ3) is 4.22. The molecule has 0 amide bonds. The van der Waals surface area contributed by atoms with Crippen molar-refractivity contribution in [2.75, 3.05) is 44.8 Å². The van der Waals surface area contributed by atoms with Crippen LogP contribution in [0.15, 0.2) is 42.5 Å². The molecule has 4 nitrogen and oxygen atoms in total. The third-order valence-corrected chi connectivity index (χ3v) is 5.18. The minimum absolute atomic E-state index is 0.603. The van der Waals surface area contributed by atoms with Crippen LogP contribution in [0.25, 0.3) is 0 Å². The molecule has 0 N–H and O–H groups in total. The van der Waals surface area contributed by atoms with Gasteiger partial charge in [0.25, 0.3) is 0 Å². The van der Waals surface area contributed by atoms with Crippen LogP contribution < -0.4 is 14.4 Å². The van der Waals surface area contributed by atoms with E-state index in [2.05, 4.69) is 15.9 Å². The van der Waals surface area contributed by atoms with Crippen molar-refractivity contribution in [2.24, 2.45) is 0 Å². The van der Waals surface area contributed by atoms with Crippen molar-refractivity contribution in [3.05, 3.63) is 53.1 Å². The van der Waals surface area contributed by atoms with E-state index in [0.717, 1.165) is 53.2 Å². The zero-order chi connectivity index (χ0) is 18.5. The number of hydrogen-bond donors (Lipinski definition) is 0. The average molecular weight is 391 g/mol. The summed E-state index contributed by atoms with van der Waals surface area (Å²) >= 11 is 11.8. The molecule has 1 aliphatic heterocycles. The first-order valence-electron chi connectivity index (χ1n) is 8.73. The van der Waals surface area contributed by atoms with Crippen molar-refractivity contribution in [1.82, 2.24) is 4.90 Å². The van der Waals surface area contributed by atoms with Gasteiger partial charge in [-0.05, 0) is 43.3 Å². The van der Waals surface area contributed by atoms with E-state index in [1.54, 1.807) is 7.11 Å². The van der Waals surface area contributed by atoms with Crippen LogP contribution in [0, 0.1) is 0 Å². The molecule has 0 bridgehead atoms. The maximum absolute atomic E-state index is 6.11. The highest BCUT2D eigenvalue weighted by Crippen LogP contribution is 2.29. The number of piperazine rings is 1. The standard InChI is InChI=1S/C20H23ClN2O2S/c1-3-25-18-8-7-15(13-19(18)24-2)20(26)23-11-9-22(10-12-23)17-6-4-5-16(21)14-17/h4-8,13-14H,3,9-12H2,1-2H3. The minimum Gasteiger partial charge on any atom is -0.493 e. The lowest BCUT2D eigenvalue weighted by atomic mass is 10.1. The lowest BCUT2D eigenvalue weighted by molar-refractivity contribution is 0.311. The lowest BCUT2D eigenvalue weighted by Gasteiger charge is -2.37. The monoisotopic (exact) mass is 390 g/mol. The van der Waals surface area contributed by atoms with Crippen molar-refractivity contribution in [3.63, 3.8) is 0 Å². The van der Waals surface area contributed by atoms with E-state index >= 15 is 0 Å². The van der Waals surface area contributed by atoms with Crippen LogP contribution in [0.3, 0.4) is 0 Å². The Morgan fingerprint density at radius 2 is 1.85 bits per heavy atom. The van der Waals surface area contributed by atoms with Gasteiger partial charge in [-0.3, -0.25) is 0 Å². The second-order valence-electron chi connectivity index (χ2n) is 6.06. The molecule has 6 heteroatoms. The van der Waals surface area contributed by atoms with Gasteiger partial charge in [0.05, 0.1) is 13.7 Å². The molecule has 0 aliphatic carbocycles. The zero-order valence-corrected chi connectivity index (χ0v) is 16.6. The molecule has 0 aromatic heterocycles. The topological polar surface area (TPSA) is 24.9 Å². The summed E-state index contributed by atoms with van der Waals surface area (Å²) in [6, 6.07) is 13.9. The number of methoxy groups -OCH3 is 1. The van der Waals surface area contributed by atoms with Gasteiger partial charge >= 0.3 is 0 Å². The summed E-state index contributed by atoms with van der Waals surface area (Å²) in [7, 11) is 1.65. The van der Waals surface area contributed by atoms with Gasteiger partial charge in [0.1, 0.15) is 4.99 Å². The predicted molar refractivity (Wildman–Crippen MR) is 111 cm³/mol. The van der Waals surface area contributed by atoms with Crippen molar-refractivity contribution >= 4 is 34.5 Å². The number of halogens is 1. The smallest absolute Gasteiger partial charge is 0.161 e. The van der Waals surface area contributed by atoms with E-state index in [9.17, 15) is 0 Å². The van der Waals surface area contributed by atoms with Crippen molar-refractivity contribution in [3.8, 4) is 11.5 Å². The molecular formula is C20H23ClN2O2S. The molecule has 0 spiro atoms. The average Bonchev–Trinajstić information content (AvgIpc) is 2.68. The lowest BCUT2D eigenvalue weighted by Crippen LogP contribution is -2.48. The number of anilines is 1. The quantitative estimate of drug-likeness (QED) is 0.711. The van der Waals surface area contributed by atoms with Crippen LogP contribution in [0.1, 0.15) is 12.5 Å². The fourth-order valence-corrected chi connectivity index (χ4v) is 3.59. The normalized spacial score (nSPS) is 14.3. The number of thiocarbonyl (C=S) groups is 1. The minimum atomic E-state index is 0.603. The summed E-state index contributed by atoms with van der Waals surface area (Å²) in [6.45, 7) is 6.13. The fourth-order valence-electron chi connectivity index (χ4n) is 3.10. The zero-order valence-electron chi connectivity index (χ0n) is 15.1. The summed E-state index contributed by atoms with van der Waals surface area (Å²) in [6.07, 6.45) is 0. The van der Waals surface area contributed by atoms with Gasteiger partial charge in [-0.25, -0.2) is 0 Å². The van der Waals surface area contributed by atoms with E-state index < -0.39 is 0 Å². The molecular weight excluding hydrogens is 368 g/mol. The Hall–Kier alpha value is -1.98. The molecule has 138 valence electrons. The molecule has 0 unspecified atom stereocenters. The van der Waals surface area contributed by atoms with Gasteiger partial charge in [0.15, 0.2) is 11.5 Å². The maximum atomic E-state index is 6.11. The maximum Gasteiger partial charge on any atom is 0.161 e. The van der Waals surface area contributed by atoms with Gasteiger partial charge < -0.3 is 19.3 Å². The molecule has 0 radical (unpaired) electrons. The van der Waals surface area contributed by atoms with E-state index in [1.165, 1.54) is 0 Å². The highest BCUT2D eigenvalue weighted by molar-refractivity contribution is 7.80. The Kier molecular flexibility index (Phi) is 6.22. The number of benzene rings is 2. The molecule has 1 aliphatic rings. The van der Waals surface area contributed by atoms with Crippen LogP contribution in [-0.2, 0) is 0 Å². The predicted octanol–water partition coefficient (Wildman–Crippen LogP) is 4.25.